The molecule has 1 aliphatic heterocycles. The highest BCUT2D eigenvalue weighted by Gasteiger charge is 2.23. The van der Waals surface area contributed by atoms with E-state index in [2.05, 4.69) is 4.90 Å². The molecular weight excluding hydrogens is 243 g/mol. The molecule has 1 fully saturated rings. The molecule has 0 aromatic heterocycles. The third kappa shape index (κ3) is 2.69. The first kappa shape index (κ1) is 12.2. The van der Waals surface area contributed by atoms with Gasteiger partial charge in [-0.05, 0) is 43.1 Å². The lowest BCUT2D eigenvalue weighted by Crippen LogP contribution is -2.34. The first-order chi connectivity index (χ1) is 7.70. The molecule has 0 aliphatic carbocycles. The summed E-state index contributed by atoms with van der Waals surface area (Å²) in [7, 11) is 0. The van der Waals surface area contributed by atoms with Crippen LogP contribution in [0.4, 0.5) is 0 Å². The fraction of sp³-hybridized carbons (Fsp3) is 0.500. The highest BCUT2D eigenvalue weighted by molar-refractivity contribution is 6.33. The lowest BCUT2D eigenvalue weighted by molar-refractivity contribution is 0.250. The van der Waals surface area contributed by atoms with Crippen LogP contribution in [0.1, 0.15) is 18.4 Å². The Bertz CT molecular complexity index is 368. The van der Waals surface area contributed by atoms with Crippen LogP contribution in [0, 0.1) is 0 Å². The van der Waals surface area contributed by atoms with Crippen LogP contribution in [0.5, 0.6) is 0 Å². The van der Waals surface area contributed by atoms with Gasteiger partial charge in [0.25, 0.3) is 0 Å². The second-order valence-electron chi connectivity index (χ2n) is 4.24. The molecule has 88 valence electrons. The normalized spacial score (nSPS) is 21.6. The number of hydrogen-bond acceptors (Lipinski definition) is 2. The van der Waals surface area contributed by atoms with E-state index in [1.165, 1.54) is 12.8 Å². The molecular formula is C12H16Cl2N2. The van der Waals surface area contributed by atoms with E-state index < -0.39 is 0 Å². The van der Waals surface area contributed by atoms with Crippen molar-refractivity contribution in [2.24, 2.45) is 5.73 Å². The number of nitrogens with zero attached hydrogens (tertiary/aromatic N) is 1. The smallest absolute Gasteiger partial charge is 0.0452 e. The van der Waals surface area contributed by atoms with E-state index in [4.69, 9.17) is 28.9 Å². The largest absolute Gasteiger partial charge is 0.329 e. The monoisotopic (exact) mass is 258 g/mol. The van der Waals surface area contributed by atoms with Crippen LogP contribution in [0.15, 0.2) is 18.2 Å². The Morgan fingerprint density at radius 2 is 2.19 bits per heavy atom. The lowest BCUT2D eigenvalue weighted by Gasteiger charge is -2.23. The molecule has 1 aromatic carbocycles. The quantitative estimate of drug-likeness (QED) is 0.904. The summed E-state index contributed by atoms with van der Waals surface area (Å²) < 4.78 is 0. The first-order valence-corrected chi connectivity index (χ1v) is 6.34. The van der Waals surface area contributed by atoms with E-state index in [1.807, 2.05) is 18.2 Å². The van der Waals surface area contributed by atoms with Crippen molar-refractivity contribution in [2.45, 2.75) is 25.4 Å². The second-order valence-corrected chi connectivity index (χ2v) is 5.08. The van der Waals surface area contributed by atoms with Gasteiger partial charge in [0.2, 0.25) is 0 Å². The van der Waals surface area contributed by atoms with Gasteiger partial charge in [0, 0.05) is 29.2 Å². The Labute approximate surface area is 106 Å². The fourth-order valence-electron chi connectivity index (χ4n) is 2.25. The summed E-state index contributed by atoms with van der Waals surface area (Å²) in [5, 5.41) is 1.52. The molecule has 1 aliphatic rings. The van der Waals surface area contributed by atoms with E-state index >= 15 is 0 Å². The van der Waals surface area contributed by atoms with Crippen LogP contribution >= 0.6 is 23.2 Å². The van der Waals surface area contributed by atoms with Gasteiger partial charge in [-0.1, -0.05) is 23.2 Å². The van der Waals surface area contributed by atoms with Crippen molar-refractivity contribution in [1.29, 1.82) is 0 Å². The van der Waals surface area contributed by atoms with E-state index in [1.54, 1.807) is 0 Å². The first-order valence-electron chi connectivity index (χ1n) is 5.58. The van der Waals surface area contributed by atoms with E-state index in [0.717, 1.165) is 35.2 Å². The Balaban J connectivity index is 2.11. The van der Waals surface area contributed by atoms with Gasteiger partial charge in [0.05, 0.1) is 0 Å². The SMILES string of the molecule is NCC1CCCN1Cc1cc(Cl)ccc1Cl. The number of nitrogens with two attached hydrogens (primary N) is 1. The summed E-state index contributed by atoms with van der Waals surface area (Å²) in [6, 6.07) is 6.11. The standard InChI is InChI=1S/C12H16Cl2N2/c13-10-3-4-12(14)9(6-10)8-16-5-1-2-11(16)7-15/h3-4,6,11H,1-2,5,7-8,15H2. The molecule has 1 heterocycles. The van der Waals surface area contributed by atoms with Crippen molar-refractivity contribution in [3.8, 4) is 0 Å². The maximum Gasteiger partial charge on any atom is 0.0452 e. The topological polar surface area (TPSA) is 29.3 Å². The molecule has 2 N–H and O–H groups in total. The highest BCUT2D eigenvalue weighted by Crippen LogP contribution is 2.25. The van der Waals surface area contributed by atoms with Crippen molar-refractivity contribution in [3.63, 3.8) is 0 Å². The van der Waals surface area contributed by atoms with Gasteiger partial charge in [-0.25, -0.2) is 0 Å². The van der Waals surface area contributed by atoms with Gasteiger partial charge >= 0.3 is 0 Å². The van der Waals surface area contributed by atoms with Crippen LogP contribution in [0.2, 0.25) is 10.0 Å². The molecule has 1 aromatic rings. The van der Waals surface area contributed by atoms with Crippen LogP contribution in [0.3, 0.4) is 0 Å². The zero-order valence-corrected chi connectivity index (χ0v) is 10.6. The number of rotatable bonds is 3. The van der Waals surface area contributed by atoms with Gasteiger partial charge < -0.3 is 5.73 Å². The third-order valence-corrected chi connectivity index (χ3v) is 3.76. The van der Waals surface area contributed by atoms with Crippen LogP contribution in [0.25, 0.3) is 0 Å². The second kappa shape index (κ2) is 5.37. The number of benzene rings is 1. The Morgan fingerprint density at radius 1 is 1.38 bits per heavy atom. The van der Waals surface area contributed by atoms with Crippen molar-refractivity contribution in [2.75, 3.05) is 13.1 Å². The van der Waals surface area contributed by atoms with E-state index in [-0.39, 0.29) is 0 Å². The highest BCUT2D eigenvalue weighted by atomic mass is 35.5. The summed E-state index contributed by atoms with van der Waals surface area (Å²) in [5.41, 5.74) is 6.84. The van der Waals surface area contributed by atoms with Crippen LogP contribution < -0.4 is 5.73 Å². The average Bonchev–Trinajstić information content (AvgIpc) is 2.71. The Kier molecular flexibility index (Phi) is 4.09. The molecule has 0 amide bonds. The molecule has 16 heavy (non-hydrogen) atoms. The Morgan fingerprint density at radius 3 is 2.94 bits per heavy atom. The predicted molar refractivity (Wildman–Crippen MR) is 68.9 cm³/mol. The molecule has 2 rings (SSSR count). The third-order valence-electron chi connectivity index (χ3n) is 3.15. The van der Waals surface area contributed by atoms with Gasteiger partial charge in [-0.2, -0.15) is 0 Å². The van der Waals surface area contributed by atoms with Crippen LogP contribution in [-0.2, 0) is 6.54 Å². The summed E-state index contributed by atoms with van der Waals surface area (Å²) in [4.78, 5) is 2.39. The van der Waals surface area contributed by atoms with Crippen molar-refractivity contribution >= 4 is 23.2 Å². The zero-order chi connectivity index (χ0) is 11.5. The van der Waals surface area contributed by atoms with Crippen LogP contribution in [-0.4, -0.2) is 24.0 Å². The zero-order valence-electron chi connectivity index (χ0n) is 9.13. The molecule has 1 unspecified atom stereocenters. The number of hydrogen-bond donors (Lipinski definition) is 1. The maximum atomic E-state index is 6.15. The number of halogens is 2. The fourth-order valence-corrected chi connectivity index (χ4v) is 2.63. The predicted octanol–water partition coefficient (Wildman–Crippen LogP) is 2.92. The molecule has 1 saturated heterocycles. The van der Waals surface area contributed by atoms with E-state index in [9.17, 15) is 0 Å². The molecule has 2 nitrogen and oxygen atoms in total. The van der Waals surface area contributed by atoms with Crippen molar-refractivity contribution in [3.05, 3.63) is 33.8 Å². The van der Waals surface area contributed by atoms with Crippen molar-refractivity contribution in [1.82, 2.24) is 4.90 Å². The van der Waals surface area contributed by atoms with Crippen molar-refractivity contribution < 1.29 is 0 Å². The maximum absolute atomic E-state index is 6.15. The van der Waals surface area contributed by atoms with Gasteiger partial charge in [0.1, 0.15) is 0 Å². The summed E-state index contributed by atoms with van der Waals surface area (Å²) in [6.07, 6.45) is 2.41. The number of likely N-dealkylation sites (tertiary alicyclic amines) is 1. The molecule has 1 atom stereocenters. The molecule has 0 saturated carbocycles. The van der Waals surface area contributed by atoms with Gasteiger partial charge in [0.15, 0.2) is 0 Å². The van der Waals surface area contributed by atoms with Gasteiger partial charge in [-0.3, -0.25) is 4.90 Å². The minimum Gasteiger partial charge on any atom is -0.329 e. The van der Waals surface area contributed by atoms with E-state index in [0.29, 0.717) is 6.04 Å². The Hall–Kier alpha value is -0.280. The molecule has 0 radical (unpaired) electrons. The minimum absolute atomic E-state index is 0.495. The van der Waals surface area contributed by atoms with Gasteiger partial charge in [-0.15, -0.1) is 0 Å². The molecule has 0 bridgehead atoms. The molecule has 4 heteroatoms. The minimum atomic E-state index is 0.495. The average molecular weight is 259 g/mol. The lowest BCUT2D eigenvalue weighted by atomic mass is 10.2. The summed E-state index contributed by atoms with van der Waals surface area (Å²) in [6.45, 7) is 2.67. The summed E-state index contributed by atoms with van der Waals surface area (Å²) in [5.74, 6) is 0. The molecule has 0 spiro atoms. The summed E-state index contributed by atoms with van der Waals surface area (Å²) >= 11 is 12.1.